The van der Waals surface area contributed by atoms with E-state index in [0.29, 0.717) is 5.95 Å². The van der Waals surface area contributed by atoms with Gasteiger partial charge < -0.3 is 10.1 Å². The molecule has 1 aromatic carbocycles. The molecule has 1 aliphatic carbocycles. The Hall–Kier alpha value is -2.10. The summed E-state index contributed by atoms with van der Waals surface area (Å²) in [4.78, 5) is 8.52. The average Bonchev–Trinajstić information content (AvgIpc) is 2.44. The van der Waals surface area contributed by atoms with Crippen LogP contribution in [0.25, 0.3) is 0 Å². The molecular formula is C15H17N3O. The number of rotatable bonds is 4. The number of hydrogen-bond donors (Lipinski definition) is 1. The molecule has 3 rings (SSSR count). The normalized spacial score (nSPS) is 16.5. The minimum Gasteiger partial charge on any atom is -0.497 e. The van der Waals surface area contributed by atoms with Crippen molar-refractivity contribution in [3.05, 3.63) is 48.3 Å². The van der Waals surface area contributed by atoms with E-state index in [1.807, 2.05) is 18.2 Å². The standard InChI is InChI=1S/C15H17N3O/c1-19-13-6-2-5-12(11-13)15(7-3-8-15)18-14-16-9-4-10-17-14/h2,4-6,9-11H,3,7-8H2,1H3,(H,16,17,18). The first kappa shape index (κ1) is 12.0. The minimum absolute atomic E-state index is 0.0457. The van der Waals surface area contributed by atoms with Gasteiger partial charge in [0.1, 0.15) is 5.75 Å². The van der Waals surface area contributed by atoms with Crippen LogP contribution >= 0.6 is 0 Å². The second-order valence-corrected chi connectivity index (χ2v) is 4.87. The SMILES string of the molecule is COc1cccc(C2(Nc3ncccn3)CCC2)c1. The van der Waals surface area contributed by atoms with E-state index in [0.717, 1.165) is 18.6 Å². The highest BCUT2D eigenvalue weighted by atomic mass is 16.5. The van der Waals surface area contributed by atoms with Crippen molar-refractivity contribution in [3.63, 3.8) is 0 Å². The van der Waals surface area contributed by atoms with Gasteiger partial charge in [-0.2, -0.15) is 0 Å². The van der Waals surface area contributed by atoms with E-state index in [9.17, 15) is 0 Å². The summed E-state index contributed by atoms with van der Waals surface area (Å²) in [5.74, 6) is 1.57. The number of methoxy groups -OCH3 is 1. The van der Waals surface area contributed by atoms with Gasteiger partial charge in [0.2, 0.25) is 5.95 Å². The highest BCUT2D eigenvalue weighted by Gasteiger charge is 2.39. The molecule has 0 spiro atoms. The molecule has 1 aliphatic rings. The second kappa shape index (κ2) is 4.88. The maximum Gasteiger partial charge on any atom is 0.223 e. The van der Waals surface area contributed by atoms with Crippen molar-refractivity contribution in [2.45, 2.75) is 24.8 Å². The summed E-state index contributed by atoms with van der Waals surface area (Å²) in [6, 6.07) is 10.0. The maximum absolute atomic E-state index is 5.31. The van der Waals surface area contributed by atoms with Gasteiger partial charge in [0.05, 0.1) is 12.6 Å². The molecule has 1 heterocycles. The number of hydrogen-bond acceptors (Lipinski definition) is 4. The van der Waals surface area contributed by atoms with Gasteiger partial charge in [-0.3, -0.25) is 0 Å². The Bertz CT molecular complexity index is 552. The van der Waals surface area contributed by atoms with Crippen molar-refractivity contribution < 1.29 is 4.74 Å². The highest BCUT2D eigenvalue weighted by molar-refractivity contribution is 5.42. The minimum atomic E-state index is -0.0457. The Morgan fingerprint density at radius 1 is 1.16 bits per heavy atom. The summed E-state index contributed by atoms with van der Waals surface area (Å²) in [6.45, 7) is 0. The molecular weight excluding hydrogens is 238 g/mol. The third-order valence-electron chi connectivity index (χ3n) is 3.75. The zero-order valence-electron chi connectivity index (χ0n) is 11.0. The fourth-order valence-corrected chi connectivity index (χ4v) is 2.51. The highest BCUT2D eigenvalue weighted by Crippen LogP contribution is 2.44. The maximum atomic E-state index is 5.31. The third-order valence-corrected chi connectivity index (χ3v) is 3.75. The lowest BCUT2D eigenvalue weighted by Crippen LogP contribution is -2.42. The Kier molecular flexibility index (Phi) is 3.07. The average molecular weight is 255 g/mol. The zero-order valence-corrected chi connectivity index (χ0v) is 11.0. The van der Waals surface area contributed by atoms with Crippen LogP contribution in [0.4, 0.5) is 5.95 Å². The first-order valence-corrected chi connectivity index (χ1v) is 6.52. The van der Waals surface area contributed by atoms with Gasteiger partial charge in [0.25, 0.3) is 0 Å². The van der Waals surface area contributed by atoms with Crippen LogP contribution in [0.2, 0.25) is 0 Å². The molecule has 0 radical (unpaired) electrons. The van der Waals surface area contributed by atoms with Gasteiger partial charge in [-0.15, -0.1) is 0 Å². The van der Waals surface area contributed by atoms with Crippen LogP contribution in [-0.2, 0) is 5.54 Å². The predicted octanol–water partition coefficient (Wildman–Crippen LogP) is 2.98. The van der Waals surface area contributed by atoms with Crippen molar-refractivity contribution in [2.75, 3.05) is 12.4 Å². The predicted molar refractivity (Wildman–Crippen MR) is 74.2 cm³/mol. The van der Waals surface area contributed by atoms with Crippen LogP contribution in [0.5, 0.6) is 5.75 Å². The summed E-state index contributed by atoms with van der Waals surface area (Å²) in [7, 11) is 1.69. The second-order valence-electron chi connectivity index (χ2n) is 4.87. The Morgan fingerprint density at radius 3 is 2.58 bits per heavy atom. The molecule has 0 bridgehead atoms. The topological polar surface area (TPSA) is 47.0 Å². The molecule has 1 saturated carbocycles. The molecule has 1 fully saturated rings. The van der Waals surface area contributed by atoms with E-state index in [1.165, 1.54) is 12.0 Å². The van der Waals surface area contributed by atoms with Crippen molar-refractivity contribution in [1.82, 2.24) is 9.97 Å². The Morgan fingerprint density at radius 2 is 1.95 bits per heavy atom. The van der Waals surface area contributed by atoms with Crippen LogP contribution in [0.15, 0.2) is 42.7 Å². The van der Waals surface area contributed by atoms with Gasteiger partial charge >= 0.3 is 0 Å². The van der Waals surface area contributed by atoms with Crippen molar-refractivity contribution in [1.29, 1.82) is 0 Å². The number of aromatic nitrogens is 2. The van der Waals surface area contributed by atoms with Crippen LogP contribution in [-0.4, -0.2) is 17.1 Å². The lowest BCUT2D eigenvalue weighted by molar-refractivity contribution is 0.281. The lowest BCUT2D eigenvalue weighted by atomic mass is 9.72. The summed E-state index contributed by atoms with van der Waals surface area (Å²) >= 11 is 0. The van der Waals surface area contributed by atoms with Crippen LogP contribution < -0.4 is 10.1 Å². The first-order chi connectivity index (χ1) is 9.32. The fourth-order valence-electron chi connectivity index (χ4n) is 2.51. The quantitative estimate of drug-likeness (QED) is 0.912. The van der Waals surface area contributed by atoms with Gasteiger partial charge in [-0.1, -0.05) is 12.1 Å². The van der Waals surface area contributed by atoms with Crippen molar-refractivity contribution in [3.8, 4) is 5.75 Å². The summed E-state index contributed by atoms with van der Waals surface area (Å²) in [5.41, 5.74) is 1.20. The van der Waals surface area contributed by atoms with Crippen molar-refractivity contribution >= 4 is 5.95 Å². The molecule has 0 atom stereocenters. The van der Waals surface area contributed by atoms with Gasteiger partial charge in [-0.25, -0.2) is 9.97 Å². The Balaban J connectivity index is 1.90. The number of nitrogens with one attached hydrogen (secondary N) is 1. The molecule has 0 unspecified atom stereocenters. The number of ether oxygens (including phenoxy) is 1. The molecule has 1 N–H and O–H groups in total. The molecule has 98 valence electrons. The van der Waals surface area contributed by atoms with E-state index < -0.39 is 0 Å². The smallest absolute Gasteiger partial charge is 0.223 e. The van der Waals surface area contributed by atoms with E-state index >= 15 is 0 Å². The summed E-state index contributed by atoms with van der Waals surface area (Å²) in [5, 5.41) is 3.48. The fraction of sp³-hybridized carbons (Fsp3) is 0.333. The molecule has 4 heteroatoms. The monoisotopic (exact) mass is 255 g/mol. The molecule has 0 aliphatic heterocycles. The van der Waals surface area contributed by atoms with Crippen LogP contribution in [0.1, 0.15) is 24.8 Å². The number of benzene rings is 1. The lowest BCUT2D eigenvalue weighted by Gasteiger charge is -2.43. The summed E-state index contributed by atoms with van der Waals surface area (Å²) < 4.78 is 5.31. The number of anilines is 1. The van der Waals surface area contributed by atoms with Gasteiger partial charge in [0.15, 0.2) is 0 Å². The van der Waals surface area contributed by atoms with E-state index in [2.05, 4.69) is 27.4 Å². The van der Waals surface area contributed by atoms with Crippen LogP contribution in [0, 0.1) is 0 Å². The summed E-state index contributed by atoms with van der Waals surface area (Å²) in [6.07, 6.45) is 6.93. The molecule has 4 nitrogen and oxygen atoms in total. The number of nitrogens with zero attached hydrogens (tertiary/aromatic N) is 2. The molecule has 0 saturated heterocycles. The zero-order chi connectivity index (χ0) is 13.1. The van der Waals surface area contributed by atoms with Gasteiger partial charge in [-0.05, 0) is 43.0 Å². The Labute approximate surface area is 112 Å². The first-order valence-electron chi connectivity index (χ1n) is 6.52. The largest absolute Gasteiger partial charge is 0.497 e. The van der Waals surface area contributed by atoms with E-state index in [-0.39, 0.29) is 5.54 Å². The van der Waals surface area contributed by atoms with E-state index in [4.69, 9.17) is 4.74 Å². The van der Waals surface area contributed by atoms with Crippen LogP contribution in [0.3, 0.4) is 0 Å². The molecule has 0 amide bonds. The molecule has 19 heavy (non-hydrogen) atoms. The van der Waals surface area contributed by atoms with Gasteiger partial charge in [0, 0.05) is 12.4 Å². The van der Waals surface area contributed by atoms with Crippen molar-refractivity contribution in [2.24, 2.45) is 0 Å². The third kappa shape index (κ3) is 2.26. The van der Waals surface area contributed by atoms with E-state index in [1.54, 1.807) is 19.5 Å². The molecule has 2 aromatic rings. The molecule has 1 aromatic heterocycles.